The summed E-state index contributed by atoms with van der Waals surface area (Å²) in [6.45, 7) is 3.78. The summed E-state index contributed by atoms with van der Waals surface area (Å²) >= 11 is 0. The standard InChI is InChI=1S/C22H22F3N3O3S/c1-16(2)14-28(32(30,31)20-6-4-3-5-7-20)19-10-8-17(9-11-19)21(29,22(23,24)25)18-12-26-15-27-13-18/h3-13,15-16,29H,14H2,1-2H3. The van der Waals surface area contributed by atoms with Crippen molar-refractivity contribution in [2.24, 2.45) is 5.92 Å². The van der Waals surface area contributed by atoms with E-state index in [2.05, 4.69) is 9.97 Å². The van der Waals surface area contributed by atoms with E-state index >= 15 is 0 Å². The van der Waals surface area contributed by atoms with Gasteiger partial charge >= 0.3 is 6.18 Å². The molecule has 0 amide bonds. The van der Waals surface area contributed by atoms with E-state index in [4.69, 9.17) is 0 Å². The monoisotopic (exact) mass is 465 g/mol. The highest BCUT2D eigenvalue weighted by Crippen LogP contribution is 2.44. The maximum Gasteiger partial charge on any atom is 0.425 e. The van der Waals surface area contributed by atoms with E-state index in [-0.39, 0.29) is 23.0 Å². The molecular weight excluding hydrogens is 443 g/mol. The fraction of sp³-hybridized carbons (Fsp3) is 0.273. The Morgan fingerprint density at radius 2 is 1.50 bits per heavy atom. The maximum absolute atomic E-state index is 13.9. The number of hydrogen-bond acceptors (Lipinski definition) is 5. The van der Waals surface area contributed by atoms with E-state index in [1.807, 2.05) is 13.8 Å². The minimum Gasteiger partial charge on any atom is -0.372 e. The lowest BCUT2D eigenvalue weighted by atomic mass is 9.87. The Morgan fingerprint density at radius 3 is 2.00 bits per heavy atom. The predicted octanol–water partition coefficient (Wildman–Crippen LogP) is 4.13. The van der Waals surface area contributed by atoms with Crippen molar-refractivity contribution < 1.29 is 26.7 Å². The number of nitrogens with zero attached hydrogens (tertiary/aromatic N) is 3. The summed E-state index contributed by atoms with van der Waals surface area (Å²) in [6, 6.07) is 12.4. The summed E-state index contributed by atoms with van der Waals surface area (Å²) in [5.41, 5.74) is -4.20. The van der Waals surface area contributed by atoms with E-state index in [1.54, 1.807) is 18.2 Å². The molecule has 1 atom stereocenters. The van der Waals surface area contributed by atoms with Gasteiger partial charge in [0, 0.05) is 24.5 Å². The summed E-state index contributed by atoms with van der Waals surface area (Å²) in [5.74, 6) is -0.0539. The molecule has 10 heteroatoms. The first-order chi connectivity index (χ1) is 15.0. The van der Waals surface area contributed by atoms with E-state index < -0.39 is 32.9 Å². The Kier molecular flexibility index (Phi) is 6.56. The van der Waals surface area contributed by atoms with E-state index in [0.717, 1.165) is 35.2 Å². The van der Waals surface area contributed by atoms with Crippen LogP contribution < -0.4 is 4.31 Å². The van der Waals surface area contributed by atoms with E-state index in [0.29, 0.717) is 0 Å². The number of halogens is 3. The third-order valence-corrected chi connectivity index (χ3v) is 6.63. The van der Waals surface area contributed by atoms with Gasteiger partial charge in [0.05, 0.1) is 10.6 Å². The number of rotatable bonds is 7. The molecule has 0 radical (unpaired) electrons. The molecule has 0 saturated heterocycles. The highest BCUT2D eigenvalue weighted by Gasteiger charge is 2.56. The van der Waals surface area contributed by atoms with Gasteiger partial charge in [0.1, 0.15) is 6.33 Å². The Balaban J connectivity index is 2.08. The molecule has 1 heterocycles. The molecule has 3 aromatic rings. The van der Waals surface area contributed by atoms with Gasteiger partial charge in [0.2, 0.25) is 5.60 Å². The van der Waals surface area contributed by atoms with Crippen molar-refractivity contribution >= 4 is 15.7 Å². The fourth-order valence-corrected chi connectivity index (χ4v) is 4.89. The van der Waals surface area contributed by atoms with Crippen molar-refractivity contribution in [1.29, 1.82) is 0 Å². The highest BCUT2D eigenvalue weighted by atomic mass is 32.2. The lowest BCUT2D eigenvalue weighted by Gasteiger charge is -2.31. The third kappa shape index (κ3) is 4.46. The summed E-state index contributed by atoms with van der Waals surface area (Å²) in [7, 11) is -3.95. The van der Waals surface area contributed by atoms with Crippen molar-refractivity contribution in [3.63, 3.8) is 0 Å². The summed E-state index contributed by atoms with van der Waals surface area (Å²) in [5, 5.41) is 10.7. The molecule has 1 unspecified atom stereocenters. The molecule has 0 aliphatic rings. The molecule has 2 aromatic carbocycles. The van der Waals surface area contributed by atoms with Crippen LogP contribution in [-0.4, -0.2) is 36.2 Å². The number of hydrogen-bond donors (Lipinski definition) is 1. The second-order valence-electron chi connectivity index (χ2n) is 7.63. The molecule has 1 aromatic heterocycles. The molecule has 1 N–H and O–H groups in total. The van der Waals surface area contributed by atoms with Crippen LogP contribution >= 0.6 is 0 Å². The van der Waals surface area contributed by atoms with Gasteiger partial charge in [-0.1, -0.05) is 44.2 Å². The molecule has 32 heavy (non-hydrogen) atoms. The van der Waals surface area contributed by atoms with Crippen molar-refractivity contribution in [3.8, 4) is 0 Å². The van der Waals surface area contributed by atoms with Gasteiger partial charge in [0.25, 0.3) is 10.0 Å². The number of alkyl halides is 3. The summed E-state index contributed by atoms with van der Waals surface area (Å²) in [6.07, 6.45) is -2.23. The molecule has 0 fully saturated rings. The first kappa shape index (κ1) is 23.7. The molecule has 6 nitrogen and oxygen atoms in total. The minimum absolute atomic E-state index is 0.0539. The largest absolute Gasteiger partial charge is 0.425 e. The molecule has 0 spiro atoms. The summed E-state index contributed by atoms with van der Waals surface area (Å²) < 4.78 is 69.3. The lowest BCUT2D eigenvalue weighted by Crippen LogP contribution is -2.43. The van der Waals surface area contributed by atoms with Crippen molar-refractivity contribution in [2.45, 2.75) is 30.5 Å². The number of aliphatic hydroxyl groups is 1. The Bertz CT molecular complexity index is 1140. The Morgan fingerprint density at radius 1 is 0.938 bits per heavy atom. The van der Waals surface area contributed by atoms with Crippen LogP contribution in [0.5, 0.6) is 0 Å². The van der Waals surface area contributed by atoms with Crippen molar-refractivity contribution in [1.82, 2.24) is 9.97 Å². The topological polar surface area (TPSA) is 83.4 Å². The van der Waals surface area contributed by atoms with Crippen LogP contribution in [0.25, 0.3) is 0 Å². The second kappa shape index (κ2) is 8.87. The van der Waals surface area contributed by atoms with Gasteiger partial charge < -0.3 is 5.11 Å². The number of benzene rings is 2. The number of anilines is 1. The van der Waals surface area contributed by atoms with Crippen LogP contribution in [0.2, 0.25) is 0 Å². The molecule has 3 rings (SSSR count). The van der Waals surface area contributed by atoms with Crippen LogP contribution in [0.4, 0.5) is 18.9 Å². The zero-order valence-electron chi connectivity index (χ0n) is 17.4. The van der Waals surface area contributed by atoms with E-state index in [1.165, 1.54) is 24.3 Å². The van der Waals surface area contributed by atoms with Gasteiger partial charge in [-0.05, 0) is 35.7 Å². The van der Waals surface area contributed by atoms with Crippen LogP contribution in [-0.2, 0) is 15.6 Å². The van der Waals surface area contributed by atoms with Crippen LogP contribution in [0.15, 0.2) is 78.2 Å². The predicted molar refractivity (Wildman–Crippen MR) is 113 cm³/mol. The molecule has 0 aliphatic heterocycles. The van der Waals surface area contributed by atoms with Gasteiger partial charge in [-0.25, -0.2) is 18.4 Å². The zero-order chi connectivity index (χ0) is 23.6. The minimum atomic E-state index is -5.06. The van der Waals surface area contributed by atoms with Crippen LogP contribution in [0.1, 0.15) is 25.0 Å². The van der Waals surface area contributed by atoms with Crippen LogP contribution in [0.3, 0.4) is 0 Å². The van der Waals surface area contributed by atoms with Crippen molar-refractivity contribution in [3.05, 3.63) is 84.4 Å². The molecule has 170 valence electrons. The molecule has 0 aliphatic carbocycles. The quantitative estimate of drug-likeness (QED) is 0.567. The van der Waals surface area contributed by atoms with Crippen LogP contribution in [0, 0.1) is 5.92 Å². The van der Waals surface area contributed by atoms with Crippen molar-refractivity contribution in [2.75, 3.05) is 10.8 Å². The normalized spacial score (nSPS) is 14.2. The Labute approximate surface area is 184 Å². The van der Waals surface area contributed by atoms with E-state index in [9.17, 15) is 26.7 Å². The average Bonchev–Trinajstić information content (AvgIpc) is 2.77. The smallest absolute Gasteiger partial charge is 0.372 e. The van der Waals surface area contributed by atoms with Gasteiger partial charge in [0.15, 0.2) is 0 Å². The molecular formula is C22H22F3N3O3S. The van der Waals surface area contributed by atoms with Gasteiger partial charge in [-0.15, -0.1) is 0 Å². The maximum atomic E-state index is 13.9. The second-order valence-corrected chi connectivity index (χ2v) is 9.49. The number of aromatic nitrogens is 2. The van der Waals surface area contributed by atoms with Gasteiger partial charge in [-0.2, -0.15) is 13.2 Å². The first-order valence-electron chi connectivity index (χ1n) is 9.71. The lowest BCUT2D eigenvalue weighted by molar-refractivity contribution is -0.248. The SMILES string of the molecule is CC(C)CN(c1ccc(C(O)(c2cncnc2)C(F)(F)F)cc1)S(=O)(=O)c1ccccc1. The Hall–Kier alpha value is -2.98. The highest BCUT2D eigenvalue weighted by molar-refractivity contribution is 7.92. The fourth-order valence-electron chi connectivity index (χ4n) is 3.24. The molecule has 0 saturated carbocycles. The first-order valence-corrected chi connectivity index (χ1v) is 11.1. The zero-order valence-corrected chi connectivity index (χ0v) is 18.2. The number of sulfonamides is 1. The molecule has 0 bridgehead atoms. The average molecular weight is 465 g/mol. The summed E-state index contributed by atoms with van der Waals surface area (Å²) in [4.78, 5) is 7.22. The third-order valence-electron chi connectivity index (χ3n) is 4.82. The van der Waals surface area contributed by atoms with Gasteiger partial charge in [-0.3, -0.25) is 4.31 Å².